The fraction of sp³-hybridized carbons (Fsp3) is 0.526. The average Bonchev–Trinajstić information content (AvgIpc) is 3.18. The molecule has 2 fully saturated rings. The highest BCUT2D eigenvalue weighted by Crippen LogP contribution is 2.33. The summed E-state index contributed by atoms with van der Waals surface area (Å²) in [6.07, 6.45) is 3.55. The van der Waals surface area contributed by atoms with Crippen LogP contribution in [-0.4, -0.2) is 51.9 Å². The van der Waals surface area contributed by atoms with Crippen LogP contribution in [-0.2, 0) is 6.54 Å². The number of nitrogens with zero attached hydrogens (tertiary/aromatic N) is 4. The fourth-order valence-corrected chi connectivity index (χ4v) is 4.76. The number of fused-ring (bicyclic) bond motifs is 1. The third-order valence-corrected chi connectivity index (χ3v) is 6.34. The van der Waals surface area contributed by atoms with Gasteiger partial charge in [0.15, 0.2) is 0 Å². The minimum atomic E-state index is -0.600. The first-order valence-electron chi connectivity index (χ1n) is 9.12. The average molecular weight is 374 g/mol. The number of aromatic nitrogens is 2. The van der Waals surface area contributed by atoms with Crippen LogP contribution >= 0.6 is 11.3 Å². The highest BCUT2D eigenvalue weighted by Gasteiger charge is 2.37. The molecule has 2 aliphatic rings. The Labute approximate surface area is 156 Å². The van der Waals surface area contributed by atoms with Crippen molar-refractivity contribution in [3.63, 3.8) is 0 Å². The number of hydrogen-bond acceptors (Lipinski definition) is 5. The summed E-state index contributed by atoms with van der Waals surface area (Å²) in [7, 11) is 0. The number of pyridine rings is 1. The molecule has 2 aliphatic heterocycles. The van der Waals surface area contributed by atoms with Gasteiger partial charge in [0.05, 0.1) is 10.7 Å². The van der Waals surface area contributed by atoms with E-state index in [1.807, 2.05) is 11.8 Å². The second-order valence-corrected chi connectivity index (χ2v) is 8.37. The Morgan fingerprint density at radius 1 is 1.31 bits per heavy atom. The van der Waals surface area contributed by atoms with Crippen LogP contribution in [0.15, 0.2) is 23.7 Å². The van der Waals surface area contributed by atoms with Gasteiger partial charge in [-0.15, -0.1) is 11.3 Å². The molecule has 2 saturated heterocycles. The molecule has 0 spiro atoms. The van der Waals surface area contributed by atoms with Crippen molar-refractivity contribution in [2.24, 2.45) is 11.8 Å². The minimum Gasteiger partial charge on any atom is -0.338 e. The first kappa shape index (κ1) is 17.5. The molecule has 5 nitrogen and oxygen atoms in total. The van der Waals surface area contributed by atoms with E-state index < -0.39 is 5.95 Å². The maximum atomic E-state index is 13.3. The van der Waals surface area contributed by atoms with Crippen molar-refractivity contribution in [2.75, 3.05) is 26.2 Å². The van der Waals surface area contributed by atoms with Gasteiger partial charge in [0, 0.05) is 42.8 Å². The molecule has 0 aliphatic carbocycles. The molecular formula is C19H23FN4OS. The van der Waals surface area contributed by atoms with Crippen molar-refractivity contribution in [2.45, 2.75) is 26.3 Å². The SMILES string of the molecule is Cc1nc(CN2CC[C@@H]3CN(C(=O)c4ccnc(F)c4)C[C@@H]3CC2)cs1. The number of likely N-dealkylation sites (tertiary alicyclic amines) is 2. The van der Waals surface area contributed by atoms with Gasteiger partial charge in [0.1, 0.15) is 0 Å². The molecule has 2 atom stereocenters. The fourth-order valence-electron chi connectivity index (χ4n) is 4.15. The highest BCUT2D eigenvalue weighted by atomic mass is 32.1. The van der Waals surface area contributed by atoms with Gasteiger partial charge in [-0.05, 0) is 50.8 Å². The van der Waals surface area contributed by atoms with Crippen molar-refractivity contribution in [1.29, 1.82) is 0 Å². The molecule has 7 heteroatoms. The van der Waals surface area contributed by atoms with Crippen LogP contribution in [0, 0.1) is 24.7 Å². The van der Waals surface area contributed by atoms with E-state index in [0.29, 0.717) is 17.4 Å². The standard InChI is InChI=1S/C19H23FN4OS/c1-13-22-17(12-26-13)11-23-6-3-15-9-24(10-16(15)4-7-23)19(25)14-2-5-21-18(20)8-14/h2,5,8,12,15-16H,3-4,6-7,9-11H2,1H3/t15-,16+. The van der Waals surface area contributed by atoms with E-state index in [1.54, 1.807) is 17.4 Å². The van der Waals surface area contributed by atoms with E-state index in [1.165, 1.54) is 12.3 Å². The largest absolute Gasteiger partial charge is 0.338 e. The first-order valence-corrected chi connectivity index (χ1v) is 10.0. The van der Waals surface area contributed by atoms with Crippen LogP contribution in [0.2, 0.25) is 0 Å². The molecule has 2 aromatic heterocycles. The monoisotopic (exact) mass is 374 g/mol. The number of thiazole rings is 1. The van der Waals surface area contributed by atoms with Gasteiger partial charge in [-0.2, -0.15) is 4.39 Å². The number of amides is 1. The van der Waals surface area contributed by atoms with Crippen LogP contribution < -0.4 is 0 Å². The third kappa shape index (κ3) is 3.78. The second-order valence-electron chi connectivity index (χ2n) is 7.31. The maximum Gasteiger partial charge on any atom is 0.254 e. The predicted octanol–water partition coefficient (Wildman–Crippen LogP) is 2.97. The van der Waals surface area contributed by atoms with Crippen molar-refractivity contribution in [3.8, 4) is 0 Å². The maximum absolute atomic E-state index is 13.3. The Hall–Kier alpha value is -1.86. The number of aryl methyl sites for hydroxylation is 1. The summed E-state index contributed by atoms with van der Waals surface area (Å²) in [5, 5.41) is 3.27. The Bertz CT molecular complexity index is 779. The van der Waals surface area contributed by atoms with Crippen LogP contribution in [0.5, 0.6) is 0 Å². The van der Waals surface area contributed by atoms with E-state index in [-0.39, 0.29) is 5.91 Å². The molecule has 2 aromatic rings. The normalized spacial score (nSPS) is 23.7. The van der Waals surface area contributed by atoms with E-state index in [2.05, 4.69) is 20.2 Å². The van der Waals surface area contributed by atoms with Gasteiger partial charge >= 0.3 is 0 Å². The van der Waals surface area contributed by atoms with Crippen LogP contribution in [0.1, 0.15) is 33.9 Å². The molecular weight excluding hydrogens is 351 g/mol. The smallest absolute Gasteiger partial charge is 0.254 e. The van der Waals surface area contributed by atoms with Crippen molar-refractivity contribution in [3.05, 3.63) is 45.9 Å². The summed E-state index contributed by atoms with van der Waals surface area (Å²) in [6, 6.07) is 2.82. The summed E-state index contributed by atoms with van der Waals surface area (Å²) in [5.41, 5.74) is 1.56. The van der Waals surface area contributed by atoms with E-state index in [4.69, 9.17) is 0 Å². The lowest BCUT2D eigenvalue weighted by Gasteiger charge is -2.21. The minimum absolute atomic E-state index is 0.0748. The molecule has 138 valence electrons. The van der Waals surface area contributed by atoms with Gasteiger partial charge in [0.25, 0.3) is 5.91 Å². The van der Waals surface area contributed by atoms with E-state index >= 15 is 0 Å². The number of hydrogen-bond donors (Lipinski definition) is 0. The lowest BCUT2D eigenvalue weighted by molar-refractivity contribution is 0.0779. The predicted molar refractivity (Wildman–Crippen MR) is 98.4 cm³/mol. The zero-order valence-corrected chi connectivity index (χ0v) is 15.7. The quantitative estimate of drug-likeness (QED) is 0.775. The zero-order chi connectivity index (χ0) is 18.1. The van der Waals surface area contributed by atoms with Crippen LogP contribution in [0.25, 0.3) is 0 Å². The second kappa shape index (κ2) is 7.40. The zero-order valence-electron chi connectivity index (χ0n) is 14.9. The molecule has 0 aromatic carbocycles. The Balaban J connectivity index is 1.35. The summed E-state index contributed by atoms with van der Waals surface area (Å²) in [5.74, 6) is 0.395. The Kier molecular flexibility index (Phi) is 5.00. The van der Waals surface area contributed by atoms with Crippen molar-refractivity contribution < 1.29 is 9.18 Å². The van der Waals surface area contributed by atoms with Gasteiger partial charge in [-0.25, -0.2) is 9.97 Å². The van der Waals surface area contributed by atoms with E-state index in [0.717, 1.165) is 56.3 Å². The third-order valence-electron chi connectivity index (χ3n) is 5.52. The van der Waals surface area contributed by atoms with Gasteiger partial charge in [-0.1, -0.05) is 0 Å². The summed E-state index contributed by atoms with van der Waals surface area (Å²) in [4.78, 5) is 25.1. The summed E-state index contributed by atoms with van der Waals surface area (Å²) < 4.78 is 13.3. The van der Waals surface area contributed by atoms with Crippen molar-refractivity contribution in [1.82, 2.24) is 19.8 Å². The lowest BCUT2D eigenvalue weighted by atomic mass is 9.92. The number of carbonyl (C=O) groups excluding carboxylic acids is 1. The molecule has 26 heavy (non-hydrogen) atoms. The summed E-state index contributed by atoms with van der Waals surface area (Å²) >= 11 is 1.70. The van der Waals surface area contributed by atoms with Gasteiger partial charge < -0.3 is 4.90 Å². The summed E-state index contributed by atoms with van der Waals surface area (Å²) in [6.45, 7) is 6.60. The molecule has 0 unspecified atom stereocenters. The molecule has 1 amide bonds. The highest BCUT2D eigenvalue weighted by molar-refractivity contribution is 7.09. The van der Waals surface area contributed by atoms with Crippen LogP contribution in [0.4, 0.5) is 4.39 Å². The van der Waals surface area contributed by atoms with Crippen LogP contribution in [0.3, 0.4) is 0 Å². The van der Waals surface area contributed by atoms with Crippen molar-refractivity contribution >= 4 is 17.2 Å². The molecule has 4 heterocycles. The number of halogens is 1. The molecule has 4 rings (SSSR count). The lowest BCUT2D eigenvalue weighted by Crippen LogP contribution is -2.31. The van der Waals surface area contributed by atoms with Gasteiger partial charge in [-0.3, -0.25) is 9.69 Å². The Morgan fingerprint density at radius 3 is 2.65 bits per heavy atom. The van der Waals surface area contributed by atoms with Gasteiger partial charge in [0.2, 0.25) is 5.95 Å². The molecule has 0 radical (unpaired) electrons. The first-order chi connectivity index (χ1) is 12.6. The number of carbonyl (C=O) groups is 1. The molecule has 0 N–H and O–H groups in total. The molecule has 0 saturated carbocycles. The topological polar surface area (TPSA) is 49.3 Å². The molecule has 0 bridgehead atoms. The van der Waals surface area contributed by atoms with E-state index in [9.17, 15) is 9.18 Å². The Morgan fingerprint density at radius 2 is 2.04 bits per heavy atom. The number of rotatable bonds is 3.